The summed E-state index contributed by atoms with van der Waals surface area (Å²) in [5.41, 5.74) is 0.991. The summed E-state index contributed by atoms with van der Waals surface area (Å²) in [5, 5.41) is 0.620. The third kappa shape index (κ3) is 3.46. The normalized spacial score (nSPS) is 12.4. The van der Waals surface area contributed by atoms with Crippen LogP contribution in [0.5, 0.6) is 0 Å². The first-order valence-corrected chi connectivity index (χ1v) is 6.77. The minimum Gasteiger partial charge on any atom is -0.207 e. The Labute approximate surface area is 121 Å². The molecule has 0 saturated heterocycles. The van der Waals surface area contributed by atoms with Gasteiger partial charge in [-0.3, -0.25) is 0 Å². The molecule has 2 rings (SSSR count). The summed E-state index contributed by atoms with van der Waals surface area (Å²) >= 11 is 11.7. The van der Waals surface area contributed by atoms with Crippen molar-refractivity contribution in [3.63, 3.8) is 0 Å². The fraction of sp³-hybridized carbons (Fsp3) is 0.200. The molecule has 1 unspecified atom stereocenters. The lowest BCUT2D eigenvalue weighted by Gasteiger charge is -2.15. The van der Waals surface area contributed by atoms with Gasteiger partial charge < -0.3 is 0 Å². The highest BCUT2D eigenvalue weighted by Crippen LogP contribution is 2.26. The van der Waals surface area contributed by atoms with Crippen LogP contribution < -0.4 is 0 Å². The molecule has 0 radical (unpaired) electrons. The Balaban J connectivity index is 2.26. The molecule has 0 aromatic heterocycles. The first-order valence-electron chi connectivity index (χ1n) is 5.86. The second-order valence-electron chi connectivity index (χ2n) is 4.31. The molecule has 0 N–H and O–H groups in total. The standard InChI is InChI=1S/C15H12Cl2F2/c16-9-11(10-4-6-12(17)7-5-10)8-13-14(18)2-1-3-15(13)19/h1-7,11H,8-9H2. The molecule has 19 heavy (non-hydrogen) atoms. The SMILES string of the molecule is Fc1cccc(F)c1CC(CCl)c1ccc(Cl)cc1. The molecule has 0 aliphatic carbocycles. The minimum atomic E-state index is -0.538. The van der Waals surface area contributed by atoms with Gasteiger partial charge in [0.25, 0.3) is 0 Å². The summed E-state index contributed by atoms with van der Waals surface area (Å²) in [6, 6.07) is 11.0. The van der Waals surface area contributed by atoms with Crippen molar-refractivity contribution in [1.82, 2.24) is 0 Å². The van der Waals surface area contributed by atoms with E-state index in [-0.39, 0.29) is 23.8 Å². The molecule has 4 heteroatoms. The van der Waals surface area contributed by atoms with Gasteiger partial charge in [0, 0.05) is 22.4 Å². The van der Waals surface area contributed by atoms with Crippen molar-refractivity contribution in [3.05, 3.63) is 70.2 Å². The van der Waals surface area contributed by atoms with E-state index in [4.69, 9.17) is 23.2 Å². The van der Waals surface area contributed by atoms with Gasteiger partial charge in [0.05, 0.1) is 0 Å². The van der Waals surface area contributed by atoms with Crippen molar-refractivity contribution < 1.29 is 8.78 Å². The summed E-state index contributed by atoms with van der Waals surface area (Å²) < 4.78 is 27.2. The highest BCUT2D eigenvalue weighted by molar-refractivity contribution is 6.30. The van der Waals surface area contributed by atoms with E-state index >= 15 is 0 Å². The van der Waals surface area contributed by atoms with Crippen molar-refractivity contribution in [2.75, 3.05) is 5.88 Å². The molecule has 1 atom stereocenters. The topological polar surface area (TPSA) is 0 Å². The second kappa shape index (κ2) is 6.36. The van der Waals surface area contributed by atoms with Gasteiger partial charge in [-0.1, -0.05) is 29.8 Å². The van der Waals surface area contributed by atoms with Gasteiger partial charge in [0.2, 0.25) is 0 Å². The van der Waals surface area contributed by atoms with Crippen LogP contribution in [0, 0.1) is 11.6 Å². The van der Waals surface area contributed by atoms with Crippen LogP contribution in [0.15, 0.2) is 42.5 Å². The van der Waals surface area contributed by atoms with E-state index < -0.39 is 11.6 Å². The third-order valence-corrected chi connectivity index (χ3v) is 3.66. The van der Waals surface area contributed by atoms with Crippen LogP contribution >= 0.6 is 23.2 Å². The first-order chi connectivity index (χ1) is 9.11. The molecule has 0 nitrogen and oxygen atoms in total. The number of rotatable bonds is 4. The molecular formula is C15H12Cl2F2. The Morgan fingerprint density at radius 1 is 0.947 bits per heavy atom. The maximum atomic E-state index is 13.6. The predicted octanol–water partition coefficient (Wildman–Crippen LogP) is 5.18. The Hall–Kier alpha value is -1.12. The number of hydrogen-bond acceptors (Lipinski definition) is 0. The maximum absolute atomic E-state index is 13.6. The Bertz CT molecular complexity index is 532. The lowest BCUT2D eigenvalue weighted by Crippen LogP contribution is -2.08. The highest BCUT2D eigenvalue weighted by Gasteiger charge is 2.16. The summed E-state index contributed by atoms with van der Waals surface area (Å²) in [5.74, 6) is -0.937. The number of alkyl halides is 1. The van der Waals surface area contributed by atoms with Crippen LogP contribution in [0.4, 0.5) is 8.78 Å². The molecule has 2 aromatic rings. The second-order valence-corrected chi connectivity index (χ2v) is 5.05. The molecule has 0 bridgehead atoms. The molecular weight excluding hydrogens is 289 g/mol. The van der Waals surface area contributed by atoms with E-state index in [9.17, 15) is 8.78 Å². The minimum absolute atomic E-state index is 0.0723. The van der Waals surface area contributed by atoms with Crippen LogP contribution in [-0.2, 0) is 6.42 Å². The van der Waals surface area contributed by atoms with Crippen molar-refractivity contribution in [1.29, 1.82) is 0 Å². The van der Waals surface area contributed by atoms with Crippen LogP contribution in [0.3, 0.4) is 0 Å². The largest absolute Gasteiger partial charge is 0.207 e. The zero-order valence-electron chi connectivity index (χ0n) is 10.0. The highest BCUT2D eigenvalue weighted by atomic mass is 35.5. The van der Waals surface area contributed by atoms with Gasteiger partial charge in [-0.2, -0.15) is 0 Å². The fourth-order valence-corrected chi connectivity index (χ4v) is 2.38. The van der Waals surface area contributed by atoms with Crippen LogP contribution in [0.1, 0.15) is 17.0 Å². The summed E-state index contributed by atoms with van der Waals surface area (Å²) in [6.07, 6.45) is 0.226. The van der Waals surface area contributed by atoms with E-state index in [0.717, 1.165) is 5.56 Å². The molecule has 0 aliphatic rings. The van der Waals surface area contributed by atoms with Gasteiger partial charge in [-0.25, -0.2) is 8.78 Å². The monoisotopic (exact) mass is 300 g/mol. The summed E-state index contributed by atoms with van der Waals surface area (Å²) in [7, 11) is 0. The van der Waals surface area contributed by atoms with Crippen molar-refractivity contribution in [3.8, 4) is 0 Å². The lowest BCUT2D eigenvalue weighted by atomic mass is 9.93. The zero-order chi connectivity index (χ0) is 13.8. The molecule has 2 aromatic carbocycles. The molecule has 0 heterocycles. The van der Waals surface area contributed by atoms with Gasteiger partial charge in [-0.15, -0.1) is 11.6 Å². The van der Waals surface area contributed by atoms with E-state index in [0.29, 0.717) is 5.02 Å². The molecule has 0 amide bonds. The number of halogens is 4. The summed E-state index contributed by atoms with van der Waals surface area (Å²) in [6.45, 7) is 0. The van der Waals surface area contributed by atoms with Crippen LogP contribution in [-0.4, -0.2) is 5.88 Å². The van der Waals surface area contributed by atoms with Gasteiger partial charge in [0.15, 0.2) is 0 Å². The zero-order valence-corrected chi connectivity index (χ0v) is 11.6. The molecule has 0 saturated carbocycles. The third-order valence-electron chi connectivity index (χ3n) is 3.04. The maximum Gasteiger partial charge on any atom is 0.129 e. The van der Waals surface area contributed by atoms with E-state index in [1.807, 2.05) is 12.1 Å². The Kier molecular flexibility index (Phi) is 4.78. The van der Waals surface area contributed by atoms with E-state index in [1.54, 1.807) is 12.1 Å². The van der Waals surface area contributed by atoms with Crippen molar-refractivity contribution in [2.45, 2.75) is 12.3 Å². The average Bonchev–Trinajstić information content (AvgIpc) is 2.40. The van der Waals surface area contributed by atoms with E-state index in [1.165, 1.54) is 18.2 Å². The van der Waals surface area contributed by atoms with Gasteiger partial charge in [0.1, 0.15) is 11.6 Å². The van der Waals surface area contributed by atoms with Crippen molar-refractivity contribution >= 4 is 23.2 Å². The smallest absolute Gasteiger partial charge is 0.129 e. The Morgan fingerprint density at radius 2 is 1.53 bits per heavy atom. The lowest BCUT2D eigenvalue weighted by molar-refractivity contribution is 0.544. The van der Waals surface area contributed by atoms with Crippen molar-refractivity contribution in [2.24, 2.45) is 0 Å². The predicted molar refractivity (Wildman–Crippen MR) is 75.0 cm³/mol. The van der Waals surface area contributed by atoms with Crippen LogP contribution in [0.25, 0.3) is 0 Å². The molecule has 0 spiro atoms. The van der Waals surface area contributed by atoms with Crippen LogP contribution in [0.2, 0.25) is 5.02 Å². The number of benzene rings is 2. The van der Waals surface area contributed by atoms with E-state index in [2.05, 4.69) is 0 Å². The van der Waals surface area contributed by atoms with Gasteiger partial charge in [-0.05, 0) is 36.2 Å². The summed E-state index contributed by atoms with van der Waals surface area (Å²) in [4.78, 5) is 0. The quantitative estimate of drug-likeness (QED) is 0.682. The molecule has 100 valence electrons. The Morgan fingerprint density at radius 3 is 2.05 bits per heavy atom. The molecule has 0 aliphatic heterocycles. The van der Waals surface area contributed by atoms with Gasteiger partial charge >= 0.3 is 0 Å². The average molecular weight is 301 g/mol. The first kappa shape index (κ1) is 14.3. The number of hydrogen-bond donors (Lipinski definition) is 0. The molecule has 0 fully saturated rings. The fourth-order valence-electron chi connectivity index (χ4n) is 1.97.